The van der Waals surface area contributed by atoms with Gasteiger partial charge in [0.2, 0.25) is 0 Å². The van der Waals surface area contributed by atoms with E-state index in [-0.39, 0.29) is 20.1 Å². The van der Waals surface area contributed by atoms with Crippen molar-refractivity contribution >= 4 is 32.7 Å². The Kier molecular flexibility index (Phi) is 9.72. The normalized spacial score (nSPS) is 10.9. The van der Waals surface area contributed by atoms with E-state index in [2.05, 4.69) is 146 Å². The first-order valence-corrected chi connectivity index (χ1v) is 16.8. The Balaban J connectivity index is 0.000000169. The number of pyridine rings is 2. The summed E-state index contributed by atoms with van der Waals surface area (Å²) in [6.45, 7) is 6.25. The Morgan fingerprint density at radius 2 is 1.37 bits per heavy atom. The van der Waals surface area contributed by atoms with Crippen molar-refractivity contribution in [2.24, 2.45) is 0 Å². The number of hydrogen-bond donors (Lipinski definition) is 0. The van der Waals surface area contributed by atoms with Crippen LogP contribution in [0.2, 0.25) is 0 Å². The van der Waals surface area contributed by atoms with Gasteiger partial charge in [-0.2, -0.15) is 0 Å². The fraction of sp³-hybridized carbons (Fsp3) is 0.0638. The minimum atomic E-state index is 0. The Hall–Kier alpha value is -5.67. The average Bonchev–Trinajstić information content (AvgIpc) is 3.55. The molecule has 1 radical (unpaired) electrons. The van der Waals surface area contributed by atoms with Crippen LogP contribution in [-0.2, 0) is 20.1 Å². The van der Waals surface area contributed by atoms with Gasteiger partial charge in [0.15, 0.2) is 0 Å². The molecule has 0 saturated carbocycles. The quantitative estimate of drug-likeness (QED) is 0.166. The Bertz CT molecular complexity index is 2620. The van der Waals surface area contributed by atoms with Crippen LogP contribution >= 0.6 is 0 Å². The maximum atomic E-state index is 6.08. The van der Waals surface area contributed by atoms with Crippen molar-refractivity contribution in [1.29, 1.82) is 0 Å². The zero-order chi connectivity index (χ0) is 34.0. The molecule has 0 atom stereocenters. The summed E-state index contributed by atoms with van der Waals surface area (Å²) in [6, 6.07) is 54.7. The van der Waals surface area contributed by atoms with Crippen LogP contribution in [0, 0.1) is 32.9 Å². The summed E-state index contributed by atoms with van der Waals surface area (Å²) in [7, 11) is 0. The SMILES string of the molecule is Cc1c[c-]c(-c2cc(-c3ccccc3)c(C)cn2)cc1.Cc1cccnc1-c1[c-]ccc(-c2cccc3c2ccc2oc4ccccc4c23)c1.[Ir]. The number of nitrogens with zero attached hydrogens (tertiary/aromatic N) is 2. The fourth-order valence-corrected chi connectivity index (χ4v) is 6.63. The number of furan rings is 1. The Morgan fingerprint density at radius 1 is 0.549 bits per heavy atom. The van der Waals surface area contributed by atoms with Crippen LogP contribution in [0.25, 0.3) is 77.5 Å². The van der Waals surface area contributed by atoms with Crippen LogP contribution in [0.15, 0.2) is 156 Å². The van der Waals surface area contributed by atoms with Crippen molar-refractivity contribution in [3.63, 3.8) is 0 Å². The molecular formula is C47H34IrN2O-2. The summed E-state index contributed by atoms with van der Waals surface area (Å²) >= 11 is 0. The van der Waals surface area contributed by atoms with E-state index < -0.39 is 0 Å². The van der Waals surface area contributed by atoms with E-state index in [1.165, 1.54) is 44.0 Å². The van der Waals surface area contributed by atoms with Gasteiger partial charge in [-0.1, -0.05) is 97.4 Å². The van der Waals surface area contributed by atoms with Crippen molar-refractivity contribution in [1.82, 2.24) is 9.97 Å². The molecule has 0 saturated heterocycles. The van der Waals surface area contributed by atoms with Crippen LogP contribution < -0.4 is 0 Å². The molecule has 249 valence electrons. The van der Waals surface area contributed by atoms with Crippen molar-refractivity contribution in [3.8, 4) is 44.8 Å². The zero-order valence-corrected chi connectivity index (χ0v) is 31.0. The molecule has 0 aliphatic carbocycles. The molecule has 0 aliphatic heterocycles. The average molecular weight is 835 g/mol. The van der Waals surface area contributed by atoms with E-state index in [4.69, 9.17) is 4.42 Å². The third kappa shape index (κ3) is 6.77. The van der Waals surface area contributed by atoms with Crippen molar-refractivity contribution in [2.75, 3.05) is 0 Å². The van der Waals surface area contributed by atoms with Crippen LogP contribution in [0.4, 0.5) is 0 Å². The second-order valence-electron chi connectivity index (χ2n) is 12.6. The Morgan fingerprint density at radius 3 is 2.20 bits per heavy atom. The van der Waals surface area contributed by atoms with E-state index in [1.807, 2.05) is 48.8 Å². The van der Waals surface area contributed by atoms with E-state index in [0.717, 1.165) is 50.2 Å². The van der Waals surface area contributed by atoms with Crippen LogP contribution in [0.1, 0.15) is 16.7 Å². The van der Waals surface area contributed by atoms with E-state index in [9.17, 15) is 0 Å². The van der Waals surface area contributed by atoms with E-state index in [0.29, 0.717) is 0 Å². The van der Waals surface area contributed by atoms with Gasteiger partial charge in [-0.3, -0.25) is 0 Å². The molecule has 0 N–H and O–H groups in total. The molecule has 4 heteroatoms. The molecule has 3 aromatic heterocycles. The number of hydrogen-bond acceptors (Lipinski definition) is 3. The van der Waals surface area contributed by atoms with Gasteiger partial charge in [0.05, 0.1) is 0 Å². The number of rotatable bonds is 4. The molecule has 0 amide bonds. The maximum Gasteiger partial charge on any atom is 0.136 e. The predicted octanol–water partition coefficient (Wildman–Crippen LogP) is 12.4. The second kappa shape index (κ2) is 14.7. The fourth-order valence-electron chi connectivity index (χ4n) is 6.63. The molecule has 0 aliphatic rings. The van der Waals surface area contributed by atoms with Crippen molar-refractivity contribution < 1.29 is 24.5 Å². The topological polar surface area (TPSA) is 38.9 Å². The van der Waals surface area contributed by atoms with Gasteiger partial charge >= 0.3 is 0 Å². The molecule has 9 rings (SSSR count). The number of para-hydroxylation sites is 1. The van der Waals surface area contributed by atoms with Crippen LogP contribution in [0.5, 0.6) is 0 Å². The van der Waals surface area contributed by atoms with Gasteiger partial charge in [0.1, 0.15) is 11.2 Å². The molecule has 0 bridgehead atoms. The van der Waals surface area contributed by atoms with Gasteiger partial charge in [0.25, 0.3) is 0 Å². The van der Waals surface area contributed by atoms with E-state index >= 15 is 0 Å². The van der Waals surface area contributed by atoms with Gasteiger partial charge < -0.3 is 14.4 Å². The van der Waals surface area contributed by atoms with Crippen molar-refractivity contribution in [3.05, 3.63) is 181 Å². The van der Waals surface area contributed by atoms with E-state index in [1.54, 1.807) is 0 Å². The first-order chi connectivity index (χ1) is 24.5. The minimum absolute atomic E-state index is 0. The monoisotopic (exact) mass is 835 g/mol. The third-order valence-electron chi connectivity index (χ3n) is 9.21. The number of fused-ring (bicyclic) bond motifs is 5. The molecule has 51 heavy (non-hydrogen) atoms. The summed E-state index contributed by atoms with van der Waals surface area (Å²) in [5, 5.41) is 4.75. The number of aromatic nitrogens is 2. The molecule has 0 spiro atoms. The predicted molar refractivity (Wildman–Crippen MR) is 207 cm³/mol. The summed E-state index contributed by atoms with van der Waals surface area (Å²) in [6.07, 6.45) is 3.77. The van der Waals surface area contributed by atoms with Gasteiger partial charge in [-0.25, -0.2) is 0 Å². The smallest absolute Gasteiger partial charge is 0.136 e. The first-order valence-electron chi connectivity index (χ1n) is 16.8. The molecule has 0 unspecified atom stereocenters. The molecule has 6 aromatic carbocycles. The molecule has 3 nitrogen and oxygen atoms in total. The standard InChI is InChI=1S/C28H18NO.C19H16N.Ir/c1-18-7-6-16-29-28(18)20-9-4-8-19(17-20)21-11-5-12-23-22(21)14-15-26-27(23)24-10-2-3-13-25(24)30-26;1-14-8-10-17(11-9-14)19-12-18(15(2)13-20-19)16-6-4-3-5-7-16;/h2-8,10-17H,1H3;3-10,12-13H,1-2H3;/q2*-1;. The van der Waals surface area contributed by atoms with Gasteiger partial charge in [0, 0.05) is 43.3 Å². The van der Waals surface area contributed by atoms with Crippen LogP contribution in [-0.4, -0.2) is 9.97 Å². The minimum Gasteiger partial charge on any atom is -0.456 e. The van der Waals surface area contributed by atoms with Gasteiger partial charge in [-0.15, -0.1) is 70.8 Å². The van der Waals surface area contributed by atoms with Crippen LogP contribution in [0.3, 0.4) is 0 Å². The molecule has 9 aromatic rings. The first kappa shape index (κ1) is 33.8. The number of aryl methyl sites for hydroxylation is 3. The van der Waals surface area contributed by atoms with Crippen molar-refractivity contribution in [2.45, 2.75) is 20.8 Å². The molecule has 3 heterocycles. The molecule has 0 fully saturated rings. The second-order valence-corrected chi connectivity index (χ2v) is 12.6. The summed E-state index contributed by atoms with van der Waals surface area (Å²) in [5.41, 5.74) is 14.2. The summed E-state index contributed by atoms with van der Waals surface area (Å²) in [4.78, 5) is 9.10. The summed E-state index contributed by atoms with van der Waals surface area (Å²) in [5.74, 6) is 0. The largest absolute Gasteiger partial charge is 0.456 e. The zero-order valence-electron chi connectivity index (χ0n) is 28.6. The Labute approximate surface area is 312 Å². The number of benzene rings is 6. The summed E-state index contributed by atoms with van der Waals surface area (Å²) < 4.78 is 6.08. The third-order valence-corrected chi connectivity index (χ3v) is 9.21. The van der Waals surface area contributed by atoms with Gasteiger partial charge in [-0.05, 0) is 76.5 Å². The maximum absolute atomic E-state index is 6.08. The molecular weight excluding hydrogens is 801 g/mol.